The van der Waals surface area contributed by atoms with E-state index < -0.39 is 0 Å². The lowest BCUT2D eigenvalue weighted by Gasteiger charge is -2.05. The van der Waals surface area contributed by atoms with E-state index >= 15 is 0 Å². The number of carbonyl (C=O) groups is 1. The lowest BCUT2D eigenvalue weighted by Crippen LogP contribution is -2.16. The smallest absolute Gasteiger partial charge is 0.244 e. The Bertz CT molecular complexity index is 613. The van der Waals surface area contributed by atoms with Crippen LogP contribution in [0.5, 0.6) is 0 Å². The van der Waals surface area contributed by atoms with Crippen molar-refractivity contribution >= 4 is 17.5 Å². The highest BCUT2D eigenvalue weighted by Gasteiger charge is 2.19. The van der Waals surface area contributed by atoms with Crippen LogP contribution in [0.15, 0.2) is 70.6 Å². The summed E-state index contributed by atoms with van der Waals surface area (Å²) in [6.45, 7) is 0. The molecule has 3 nitrogen and oxygen atoms in total. The van der Waals surface area contributed by atoms with Crippen molar-refractivity contribution in [1.82, 2.24) is 0 Å². The van der Waals surface area contributed by atoms with Gasteiger partial charge in [-0.25, -0.2) is 4.79 Å². The minimum Gasteiger partial charge on any atom is -0.244 e. The molecular weight excluding hydrogens is 248 g/mol. The van der Waals surface area contributed by atoms with Crippen LogP contribution in [0.2, 0.25) is 0 Å². The topological polar surface area (TPSA) is 41.8 Å². The highest BCUT2D eigenvalue weighted by atomic mass is 16.2. The van der Waals surface area contributed by atoms with Gasteiger partial charge in [0.05, 0.1) is 11.4 Å². The molecule has 1 heterocycles. The number of nitrogens with zero attached hydrogens (tertiary/aromatic N) is 2. The normalized spacial score (nSPS) is 14.1. The predicted octanol–water partition coefficient (Wildman–Crippen LogP) is 3.49. The number of amides is 2. The molecule has 0 spiro atoms. The molecule has 1 aliphatic heterocycles. The van der Waals surface area contributed by atoms with E-state index in [1.807, 2.05) is 60.7 Å². The van der Waals surface area contributed by atoms with E-state index in [-0.39, 0.29) is 6.03 Å². The molecule has 3 rings (SSSR count). The lowest BCUT2D eigenvalue weighted by atomic mass is 10.0. The van der Waals surface area contributed by atoms with Crippen LogP contribution in [0.4, 0.5) is 4.79 Å². The highest BCUT2D eigenvalue weighted by molar-refractivity contribution is 6.48. The number of rotatable bonds is 4. The molecule has 0 N–H and O–H groups in total. The molecule has 0 bridgehead atoms. The Hall–Kier alpha value is -2.55. The molecule has 0 radical (unpaired) electrons. The Morgan fingerprint density at radius 3 is 1.45 bits per heavy atom. The third-order valence-electron chi connectivity index (χ3n) is 3.22. The molecule has 0 fully saturated rings. The molecule has 0 saturated heterocycles. The fourth-order valence-electron chi connectivity index (χ4n) is 2.25. The van der Waals surface area contributed by atoms with Crippen LogP contribution >= 0.6 is 0 Å². The fraction of sp³-hybridized carbons (Fsp3) is 0.118. The SMILES string of the molecule is O=C1N=C(Cc2ccccc2)C(Cc2ccccc2)=N1. The van der Waals surface area contributed by atoms with Crippen molar-refractivity contribution < 1.29 is 4.79 Å². The second kappa shape index (κ2) is 5.61. The third kappa shape index (κ3) is 2.88. The van der Waals surface area contributed by atoms with Crippen molar-refractivity contribution in [2.24, 2.45) is 9.98 Å². The van der Waals surface area contributed by atoms with Gasteiger partial charge in [-0.3, -0.25) is 0 Å². The molecule has 0 saturated carbocycles. The number of carbonyl (C=O) groups excluding carboxylic acids is 1. The van der Waals surface area contributed by atoms with Crippen molar-refractivity contribution in [2.75, 3.05) is 0 Å². The van der Waals surface area contributed by atoms with Crippen LogP contribution in [0.1, 0.15) is 11.1 Å². The summed E-state index contributed by atoms with van der Waals surface area (Å²) in [6, 6.07) is 19.6. The van der Waals surface area contributed by atoms with Crippen LogP contribution in [-0.2, 0) is 12.8 Å². The van der Waals surface area contributed by atoms with Crippen molar-refractivity contribution in [3.05, 3.63) is 71.8 Å². The molecule has 3 heteroatoms. The first-order chi connectivity index (χ1) is 9.81. The summed E-state index contributed by atoms with van der Waals surface area (Å²) in [6.07, 6.45) is 1.30. The van der Waals surface area contributed by atoms with Crippen LogP contribution < -0.4 is 0 Å². The van der Waals surface area contributed by atoms with Gasteiger partial charge >= 0.3 is 6.03 Å². The zero-order valence-electron chi connectivity index (χ0n) is 11.0. The molecular formula is C17H14N2O. The third-order valence-corrected chi connectivity index (χ3v) is 3.22. The molecule has 1 aliphatic rings. The van der Waals surface area contributed by atoms with E-state index in [9.17, 15) is 4.79 Å². The maximum Gasteiger partial charge on any atom is 0.367 e. The first kappa shape index (κ1) is 12.5. The number of urea groups is 1. The van der Waals surface area contributed by atoms with Crippen molar-refractivity contribution in [2.45, 2.75) is 12.8 Å². The maximum absolute atomic E-state index is 11.5. The van der Waals surface area contributed by atoms with Crippen molar-refractivity contribution in [1.29, 1.82) is 0 Å². The minimum atomic E-state index is -0.387. The summed E-state index contributed by atoms with van der Waals surface area (Å²) in [5.41, 5.74) is 3.85. The first-order valence-electron chi connectivity index (χ1n) is 6.58. The fourth-order valence-corrected chi connectivity index (χ4v) is 2.25. The molecule has 20 heavy (non-hydrogen) atoms. The summed E-state index contributed by atoms with van der Waals surface area (Å²) in [5, 5.41) is 0. The van der Waals surface area contributed by atoms with Gasteiger partial charge in [-0.2, -0.15) is 9.98 Å². The summed E-state index contributed by atoms with van der Waals surface area (Å²) in [5.74, 6) is 0. The molecule has 2 aromatic rings. The zero-order valence-corrected chi connectivity index (χ0v) is 11.0. The van der Waals surface area contributed by atoms with Gasteiger partial charge in [0.25, 0.3) is 0 Å². The van der Waals surface area contributed by atoms with Gasteiger partial charge in [0.15, 0.2) is 0 Å². The average Bonchev–Trinajstić information content (AvgIpc) is 2.81. The Morgan fingerprint density at radius 2 is 1.05 bits per heavy atom. The molecule has 0 aromatic heterocycles. The quantitative estimate of drug-likeness (QED) is 0.831. The van der Waals surface area contributed by atoms with E-state index in [0.717, 1.165) is 22.6 Å². The number of aliphatic imine (C=N–C) groups is 2. The Morgan fingerprint density at radius 1 is 0.650 bits per heavy atom. The minimum absolute atomic E-state index is 0.387. The van der Waals surface area contributed by atoms with Crippen LogP contribution in [-0.4, -0.2) is 17.5 Å². The van der Waals surface area contributed by atoms with E-state index in [2.05, 4.69) is 9.98 Å². The molecule has 2 amide bonds. The van der Waals surface area contributed by atoms with Crippen molar-refractivity contribution in [3.63, 3.8) is 0 Å². The molecule has 2 aromatic carbocycles. The van der Waals surface area contributed by atoms with Gasteiger partial charge in [-0.15, -0.1) is 0 Å². The van der Waals surface area contributed by atoms with Gasteiger partial charge in [0.1, 0.15) is 0 Å². The van der Waals surface area contributed by atoms with Crippen LogP contribution in [0.25, 0.3) is 0 Å². The summed E-state index contributed by atoms with van der Waals surface area (Å²) in [4.78, 5) is 19.5. The van der Waals surface area contributed by atoms with Gasteiger partial charge in [0.2, 0.25) is 0 Å². The summed E-state index contributed by atoms with van der Waals surface area (Å²) in [7, 11) is 0. The average molecular weight is 262 g/mol. The molecule has 0 atom stereocenters. The first-order valence-corrected chi connectivity index (χ1v) is 6.58. The van der Waals surface area contributed by atoms with Crippen LogP contribution in [0, 0.1) is 0 Å². The van der Waals surface area contributed by atoms with Crippen LogP contribution in [0.3, 0.4) is 0 Å². The number of hydrogen-bond acceptors (Lipinski definition) is 1. The lowest BCUT2D eigenvalue weighted by molar-refractivity contribution is 0.257. The number of benzene rings is 2. The van der Waals surface area contributed by atoms with E-state index in [1.54, 1.807) is 0 Å². The second-order valence-corrected chi connectivity index (χ2v) is 4.72. The van der Waals surface area contributed by atoms with Gasteiger partial charge in [0, 0.05) is 12.8 Å². The Kier molecular flexibility index (Phi) is 3.50. The molecule has 0 unspecified atom stereocenters. The standard InChI is InChI=1S/C17H14N2O/c20-17-18-15(11-13-7-3-1-4-8-13)16(19-17)12-14-9-5-2-6-10-14/h1-10H,11-12H2. The van der Waals surface area contributed by atoms with E-state index in [4.69, 9.17) is 0 Å². The highest BCUT2D eigenvalue weighted by Crippen LogP contribution is 2.11. The van der Waals surface area contributed by atoms with E-state index in [1.165, 1.54) is 0 Å². The number of hydrogen-bond donors (Lipinski definition) is 0. The summed E-state index contributed by atoms with van der Waals surface area (Å²) >= 11 is 0. The summed E-state index contributed by atoms with van der Waals surface area (Å²) < 4.78 is 0. The Balaban J connectivity index is 1.79. The van der Waals surface area contributed by atoms with E-state index in [0.29, 0.717) is 12.8 Å². The predicted molar refractivity (Wildman–Crippen MR) is 80.6 cm³/mol. The van der Waals surface area contributed by atoms with Gasteiger partial charge in [-0.05, 0) is 11.1 Å². The maximum atomic E-state index is 11.5. The van der Waals surface area contributed by atoms with Gasteiger partial charge in [-0.1, -0.05) is 60.7 Å². The largest absolute Gasteiger partial charge is 0.367 e. The second-order valence-electron chi connectivity index (χ2n) is 4.72. The Labute approximate surface area is 117 Å². The van der Waals surface area contributed by atoms with Crippen molar-refractivity contribution in [3.8, 4) is 0 Å². The monoisotopic (exact) mass is 262 g/mol. The zero-order chi connectivity index (χ0) is 13.8. The molecule has 0 aliphatic carbocycles. The van der Waals surface area contributed by atoms with Gasteiger partial charge < -0.3 is 0 Å². The molecule has 98 valence electrons.